The molecule has 8 nitrogen and oxygen atoms in total. The van der Waals surface area contributed by atoms with Crippen LogP contribution in [0.2, 0.25) is 0 Å². The van der Waals surface area contributed by atoms with Gasteiger partial charge in [0, 0.05) is 42.5 Å². The molecule has 1 aromatic heterocycles. The van der Waals surface area contributed by atoms with Gasteiger partial charge in [0.15, 0.2) is 11.6 Å². The molecule has 170 valence electrons. The lowest BCUT2D eigenvalue weighted by atomic mass is 9.81. The second-order valence-corrected chi connectivity index (χ2v) is 9.41. The summed E-state index contributed by atoms with van der Waals surface area (Å²) in [4.78, 5) is 23.1. The van der Waals surface area contributed by atoms with Gasteiger partial charge in [0.2, 0.25) is 11.9 Å². The molecule has 1 saturated heterocycles. The van der Waals surface area contributed by atoms with Crippen LogP contribution in [0.3, 0.4) is 0 Å². The van der Waals surface area contributed by atoms with Gasteiger partial charge in [-0.2, -0.15) is 4.98 Å². The Morgan fingerprint density at radius 3 is 2.97 bits per heavy atom. The van der Waals surface area contributed by atoms with Crippen LogP contribution in [-0.2, 0) is 10.2 Å². The van der Waals surface area contributed by atoms with Gasteiger partial charge in [-0.25, -0.2) is 9.37 Å². The van der Waals surface area contributed by atoms with Crippen LogP contribution >= 0.6 is 0 Å². The van der Waals surface area contributed by atoms with E-state index in [4.69, 9.17) is 0 Å². The van der Waals surface area contributed by atoms with Gasteiger partial charge in [0.05, 0.1) is 11.6 Å². The fraction of sp³-hybridized carbons (Fsp3) is 0.522. The van der Waals surface area contributed by atoms with E-state index in [1.807, 2.05) is 39.0 Å². The maximum Gasteiger partial charge on any atom is 0.234 e. The van der Waals surface area contributed by atoms with Crippen LogP contribution in [0.4, 0.5) is 27.5 Å². The van der Waals surface area contributed by atoms with Crippen LogP contribution in [0.25, 0.3) is 0 Å². The molecule has 3 aliphatic rings. The number of rotatable bonds is 5. The molecule has 2 aromatic rings. The number of benzene rings is 1. The average molecular weight is 440 g/mol. The number of hydrogen-bond donors (Lipinski definition) is 4. The van der Waals surface area contributed by atoms with Crippen molar-refractivity contribution in [2.75, 3.05) is 28.6 Å². The van der Waals surface area contributed by atoms with Crippen molar-refractivity contribution in [1.82, 2.24) is 20.8 Å². The van der Waals surface area contributed by atoms with Crippen LogP contribution in [0.5, 0.6) is 0 Å². The second-order valence-electron chi connectivity index (χ2n) is 9.41. The summed E-state index contributed by atoms with van der Waals surface area (Å²) in [6, 6.07) is 6.30. The number of carbonyl (C=O) groups is 1. The first-order valence-corrected chi connectivity index (χ1v) is 11.4. The maximum atomic E-state index is 14.9. The van der Waals surface area contributed by atoms with Crippen LogP contribution in [0.1, 0.15) is 45.6 Å². The van der Waals surface area contributed by atoms with E-state index in [0.29, 0.717) is 30.3 Å². The molecule has 2 fully saturated rings. The van der Waals surface area contributed by atoms with Crippen molar-refractivity contribution in [2.24, 2.45) is 5.92 Å². The molecule has 1 amide bonds. The summed E-state index contributed by atoms with van der Waals surface area (Å²) in [6.45, 7) is 7.38. The molecule has 0 spiro atoms. The first-order valence-electron chi connectivity index (χ1n) is 11.4. The van der Waals surface area contributed by atoms with Crippen molar-refractivity contribution in [3.63, 3.8) is 0 Å². The first-order chi connectivity index (χ1) is 15.4. The molecule has 2 aliphatic heterocycles. The van der Waals surface area contributed by atoms with E-state index < -0.39 is 11.2 Å². The fourth-order valence-corrected chi connectivity index (χ4v) is 5.33. The van der Waals surface area contributed by atoms with Gasteiger partial charge in [0.1, 0.15) is 0 Å². The number of nitrogens with zero attached hydrogens (tertiary/aromatic N) is 3. The molecular weight excluding hydrogens is 409 g/mol. The van der Waals surface area contributed by atoms with Crippen LogP contribution < -0.4 is 26.4 Å². The highest BCUT2D eigenvalue weighted by Gasteiger charge is 2.40. The zero-order chi connectivity index (χ0) is 22.5. The quantitative estimate of drug-likeness (QED) is 0.569. The monoisotopic (exact) mass is 439 g/mol. The lowest BCUT2D eigenvalue weighted by molar-refractivity contribution is -0.119. The first kappa shape index (κ1) is 21.1. The summed E-state index contributed by atoms with van der Waals surface area (Å²) >= 11 is 0. The van der Waals surface area contributed by atoms with E-state index in [2.05, 4.69) is 36.4 Å². The summed E-state index contributed by atoms with van der Waals surface area (Å²) in [6.07, 6.45) is 4.50. The van der Waals surface area contributed by atoms with Gasteiger partial charge in [0.25, 0.3) is 0 Å². The minimum absolute atomic E-state index is 0.0229. The molecule has 1 aliphatic carbocycles. The number of hydrogen-bond acceptors (Lipinski definition) is 7. The third-order valence-electron chi connectivity index (χ3n) is 7.15. The van der Waals surface area contributed by atoms with Crippen LogP contribution in [-0.4, -0.2) is 41.0 Å². The summed E-state index contributed by atoms with van der Waals surface area (Å²) < 4.78 is 14.9. The zero-order valence-corrected chi connectivity index (χ0v) is 18.7. The number of halogens is 1. The Balaban J connectivity index is 1.42. The number of anilines is 4. The van der Waals surface area contributed by atoms with Gasteiger partial charge in [-0.1, -0.05) is 0 Å². The lowest BCUT2D eigenvalue weighted by Crippen LogP contribution is -2.49. The highest BCUT2D eigenvalue weighted by molar-refractivity contribution is 6.06. The molecule has 32 heavy (non-hydrogen) atoms. The van der Waals surface area contributed by atoms with E-state index in [-0.39, 0.29) is 11.9 Å². The van der Waals surface area contributed by atoms with Crippen LogP contribution in [0, 0.1) is 11.7 Å². The molecule has 1 aromatic carbocycles. The van der Waals surface area contributed by atoms with Gasteiger partial charge in [-0.15, -0.1) is 0 Å². The third kappa shape index (κ3) is 3.49. The van der Waals surface area contributed by atoms with Gasteiger partial charge >= 0.3 is 0 Å². The predicted octanol–water partition coefficient (Wildman–Crippen LogP) is 3.06. The summed E-state index contributed by atoms with van der Waals surface area (Å²) in [7, 11) is 0. The lowest BCUT2D eigenvalue weighted by Gasteiger charge is -2.40. The predicted molar refractivity (Wildman–Crippen MR) is 122 cm³/mol. The fourth-order valence-electron chi connectivity index (χ4n) is 5.33. The molecule has 5 rings (SSSR count). The van der Waals surface area contributed by atoms with Gasteiger partial charge in [-0.3, -0.25) is 15.6 Å². The maximum absolute atomic E-state index is 14.9. The molecule has 9 heteroatoms. The van der Waals surface area contributed by atoms with E-state index >= 15 is 0 Å². The molecule has 0 bridgehead atoms. The van der Waals surface area contributed by atoms with Crippen LogP contribution in [0.15, 0.2) is 24.4 Å². The molecule has 4 N–H and O–H groups in total. The minimum Gasteiger partial charge on any atom is -0.351 e. The minimum atomic E-state index is -0.609. The molecule has 3 heterocycles. The van der Waals surface area contributed by atoms with Gasteiger partial charge < -0.3 is 15.5 Å². The number of amides is 1. The Bertz CT molecular complexity index is 1040. The Hall–Kier alpha value is -2.78. The third-order valence-corrected chi connectivity index (χ3v) is 7.15. The summed E-state index contributed by atoms with van der Waals surface area (Å²) in [5, 5.41) is 6.11. The van der Waals surface area contributed by atoms with Crippen molar-refractivity contribution in [1.29, 1.82) is 0 Å². The van der Waals surface area contributed by atoms with Crippen molar-refractivity contribution in [2.45, 2.75) is 57.5 Å². The summed E-state index contributed by atoms with van der Waals surface area (Å²) in [5.74, 6) is 0.651. The Morgan fingerprint density at radius 2 is 2.16 bits per heavy atom. The van der Waals surface area contributed by atoms with E-state index in [9.17, 15) is 9.18 Å². The molecule has 1 saturated carbocycles. The standard InChI is InChI=1S/C23H30FN7O/c1-4-31(19-7-5-6-17-14(19)11-26-30-17)20-16(24)12-25-22(29-20)27-13-8-9-18-15(10-13)23(2,3)21(32)28-18/h8-10,12,14,17,19,26,30H,4-7,11H2,1-3H3,(H,28,32)(H,25,27,29). The number of carbonyl (C=O) groups excluding carboxylic acids is 1. The highest BCUT2D eigenvalue weighted by Crippen LogP contribution is 2.39. The normalized spacial score (nSPS) is 25.8. The largest absolute Gasteiger partial charge is 0.351 e. The van der Waals surface area contributed by atoms with E-state index in [1.54, 1.807) is 0 Å². The van der Waals surface area contributed by atoms with Crippen molar-refractivity contribution in [3.8, 4) is 0 Å². The smallest absolute Gasteiger partial charge is 0.234 e. The number of nitrogens with one attached hydrogen (secondary N) is 4. The molecule has 3 atom stereocenters. The number of hydrazine groups is 1. The molecule has 0 radical (unpaired) electrons. The Morgan fingerprint density at radius 1 is 1.31 bits per heavy atom. The molecular formula is C23H30FN7O. The van der Waals surface area contributed by atoms with Gasteiger partial charge in [-0.05, 0) is 63.8 Å². The zero-order valence-electron chi connectivity index (χ0n) is 18.7. The Kier molecular flexibility index (Phi) is 5.25. The van der Waals surface area contributed by atoms with Crippen molar-refractivity contribution >= 4 is 29.0 Å². The van der Waals surface area contributed by atoms with E-state index in [1.165, 1.54) is 6.20 Å². The number of aromatic nitrogens is 2. The number of fused-ring (bicyclic) bond motifs is 2. The van der Waals surface area contributed by atoms with E-state index in [0.717, 1.165) is 42.7 Å². The average Bonchev–Trinajstić information content (AvgIpc) is 3.34. The Labute approximate surface area is 187 Å². The van der Waals surface area contributed by atoms with Crippen molar-refractivity contribution in [3.05, 3.63) is 35.8 Å². The SMILES string of the molecule is CCN(c1nc(Nc2ccc3c(c2)C(C)(C)C(=O)N3)ncc1F)C1CCCC2NNCC21. The summed E-state index contributed by atoms with van der Waals surface area (Å²) in [5.41, 5.74) is 8.51. The van der Waals surface area contributed by atoms with Crippen molar-refractivity contribution < 1.29 is 9.18 Å². The topological polar surface area (TPSA) is 94.2 Å². The highest BCUT2D eigenvalue weighted by atomic mass is 19.1. The molecule has 3 unspecified atom stereocenters. The second kappa shape index (κ2) is 7.97.